The van der Waals surface area contributed by atoms with E-state index in [1.807, 2.05) is 0 Å². The molecule has 6 rings (SSSR count). The summed E-state index contributed by atoms with van der Waals surface area (Å²) in [6.07, 6.45) is -4.59. The van der Waals surface area contributed by atoms with Crippen LogP contribution in [0.1, 0.15) is 45.9 Å². The molecule has 0 saturated carbocycles. The van der Waals surface area contributed by atoms with Gasteiger partial charge in [-0.25, -0.2) is 0 Å². The summed E-state index contributed by atoms with van der Waals surface area (Å²) >= 11 is 0. The molecule has 2 aliphatic heterocycles. The highest BCUT2D eigenvalue weighted by Crippen LogP contribution is 2.55. The Morgan fingerprint density at radius 1 is 0.600 bits per heavy atom. The SMILES string of the molecule is Oc1ccc([C@H]2Oc3cc(O)ccc3[C@H](c3c(O)cc(O)c4c3O[C@@H](c3ccc(O)c(O)c3)[C@@H](O)C4)[C@H]2O)cc1. The summed E-state index contributed by atoms with van der Waals surface area (Å²) in [4.78, 5) is 0. The van der Waals surface area contributed by atoms with Crippen LogP contribution in [0.2, 0.25) is 0 Å². The summed E-state index contributed by atoms with van der Waals surface area (Å²) in [5.41, 5.74) is 1.61. The van der Waals surface area contributed by atoms with Gasteiger partial charge in [0.05, 0.1) is 6.10 Å². The highest BCUT2D eigenvalue weighted by molar-refractivity contribution is 5.63. The van der Waals surface area contributed by atoms with Gasteiger partial charge in [0, 0.05) is 41.2 Å². The maximum absolute atomic E-state index is 11.7. The number of hydrogen-bond acceptors (Lipinski definition) is 10. The maximum atomic E-state index is 11.7. The molecule has 4 aromatic rings. The van der Waals surface area contributed by atoms with Gasteiger partial charge in [-0.3, -0.25) is 0 Å². The van der Waals surface area contributed by atoms with Crippen molar-refractivity contribution in [1.29, 1.82) is 0 Å². The third-order valence-electron chi connectivity index (χ3n) is 7.48. The molecule has 0 bridgehead atoms. The van der Waals surface area contributed by atoms with Crippen molar-refractivity contribution in [3.05, 3.63) is 94.5 Å². The Bertz CT molecular complexity index is 1600. The Hall–Kier alpha value is -4.80. The number of aliphatic hydroxyl groups is 2. The molecule has 0 aromatic heterocycles. The van der Waals surface area contributed by atoms with E-state index in [0.29, 0.717) is 16.7 Å². The molecule has 5 atom stereocenters. The van der Waals surface area contributed by atoms with Crippen LogP contribution in [0.4, 0.5) is 0 Å². The minimum atomic E-state index is -1.31. The van der Waals surface area contributed by atoms with Gasteiger partial charge in [-0.15, -0.1) is 0 Å². The van der Waals surface area contributed by atoms with Gasteiger partial charge >= 0.3 is 0 Å². The number of aromatic hydroxyl groups is 6. The van der Waals surface area contributed by atoms with Gasteiger partial charge < -0.3 is 50.3 Å². The van der Waals surface area contributed by atoms with Crippen LogP contribution in [0.25, 0.3) is 0 Å². The summed E-state index contributed by atoms with van der Waals surface area (Å²) in [6, 6.07) is 15.5. The molecule has 8 N–H and O–H groups in total. The van der Waals surface area contributed by atoms with Gasteiger partial charge in [0.15, 0.2) is 17.6 Å². The molecule has 0 radical (unpaired) electrons. The van der Waals surface area contributed by atoms with Crippen molar-refractivity contribution in [2.75, 3.05) is 0 Å². The highest BCUT2D eigenvalue weighted by Gasteiger charge is 2.44. The van der Waals surface area contributed by atoms with Gasteiger partial charge in [-0.1, -0.05) is 24.3 Å². The first-order valence-corrected chi connectivity index (χ1v) is 12.5. The van der Waals surface area contributed by atoms with Crippen molar-refractivity contribution in [3.8, 4) is 46.0 Å². The first kappa shape index (κ1) is 25.5. The Labute approximate surface area is 227 Å². The number of phenolic OH excluding ortho intramolecular Hbond substituents is 6. The lowest BCUT2D eigenvalue weighted by molar-refractivity contribution is 0.00192. The standard InChI is InChI=1S/C30H26O10/c31-15-4-1-13(2-5-15)29-27(38)25(17-7-6-16(32)10-24(17)39-29)26-22(36)12-20(34)18-11-23(37)28(40-30(18)26)14-3-8-19(33)21(35)9-14/h1-10,12,23,25,27-29,31-38H,11H2/t23-,25+,27+,28-,29+/m0/s1. The van der Waals surface area contributed by atoms with E-state index < -0.39 is 36.1 Å². The largest absolute Gasteiger partial charge is 0.508 e. The average Bonchev–Trinajstić information content (AvgIpc) is 2.92. The number of hydrogen-bond donors (Lipinski definition) is 8. The Morgan fingerprint density at radius 3 is 2.02 bits per heavy atom. The van der Waals surface area contributed by atoms with Gasteiger partial charge in [0.1, 0.15) is 46.7 Å². The molecular weight excluding hydrogens is 520 g/mol. The second kappa shape index (κ2) is 9.44. The molecular formula is C30H26O10. The zero-order valence-corrected chi connectivity index (χ0v) is 20.8. The highest BCUT2D eigenvalue weighted by atomic mass is 16.5. The summed E-state index contributed by atoms with van der Waals surface area (Å²) in [5.74, 6) is -2.23. The van der Waals surface area contributed by atoms with Crippen molar-refractivity contribution in [1.82, 2.24) is 0 Å². The molecule has 0 amide bonds. The number of aliphatic hydroxyl groups excluding tert-OH is 2. The van der Waals surface area contributed by atoms with Crippen LogP contribution in [0, 0.1) is 0 Å². The van der Waals surface area contributed by atoms with E-state index >= 15 is 0 Å². The molecule has 0 spiro atoms. The lowest BCUT2D eigenvalue weighted by Crippen LogP contribution is -2.36. The van der Waals surface area contributed by atoms with E-state index in [4.69, 9.17) is 9.47 Å². The lowest BCUT2D eigenvalue weighted by atomic mass is 9.78. The summed E-state index contributed by atoms with van der Waals surface area (Å²) in [7, 11) is 0. The van der Waals surface area contributed by atoms with Crippen LogP contribution in [0.15, 0.2) is 66.7 Å². The van der Waals surface area contributed by atoms with Crippen molar-refractivity contribution in [2.45, 2.75) is 36.8 Å². The predicted molar refractivity (Wildman–Crippen MR) is 140 cm³/mol. The first-order chi connectivity index (χ1) is 19.1. The second-order valence-corrected chi connectivity index (χ2v) is 10.0. The summed E-state index contributed by atoms with van der Waals surface area (Å²) in [6.45, 7) is 0. The zero-order chi connectivity index (χ0) is 28.3. The van der Waals surface area contributed by atoms with Crippen molar-refractivity contribution < 1.29 is 50.3 Å². The molecule has 0 aliphatic carbocycles. The number of ether oxygens (including phenoxy) is 2. The lowest BCUT2D eigenvalue weighted by Gasteiger charge is -2.40. The van der Waals surface area contributed by atoms with Crippen molar-refractivity contribution >= 4 is 0 Å². The number of fused-ring (bicyclic) bond motifs is 2. The third kappa shape index (κ3) is 4.14. The van der Waals surface area contributed by atoms with Gasteiger partial charge in [0.2, 0.25) is 0 Å². The molecule has 2 heterocycles. The second-order valence-electron chi connectivity index (χ2n) is 10.0. The van der Waals surface area contributed by atoms with E-state index in [-0.39, 0.29) is 57.8 Å². The van der Waals surface area contributed by atoms with Crippen molar-refractivity contribution in [2.24, 2.45) is 0 Å². The van der Waals surface area contributed by atoms with E-state index in [0.717, 1.165) is 6.07 Å². The van der Waals surface area contributed by atoms with Crippen LogP contribution in [-0.4, -0.2) is 53.1 Å². The number of benzene rings is 4. The monoisotopic (exact) mass is 546 g/mol. The van der Waals surface area contributed by atoms with E-state index in [1.165, 1.54) is 42.5 Å². The minimum Gasteiger partial charge on any atom is -0.508 e. The Balaban J connectivity index is 1.52. The normalized spacial score (nSPS) is 23.4. The molecule has 2 aliphatic rings. The fraction of sp³-hybridized carbons (Fsp3) is 0.200. The average molecular weight is 547 g/mol. The van der Waals surface area contributed by atoms with Gasteiger partial charge in [-0.05, 0) is 41.5 Å². The summed E-state index contributed by atoms with van der Waals surface area (Å²) in [5, 5.41) is 84.2. The van der Waals surface area contributed by atoms with Crippen LogP contribution in [0.3, 0.4) is 0 Å². The number of phenols is 6. The Morgan fingerprint density at radius 2 is 1.30 bits per heavy atom. The molecule has 206 valence electrons. The molecule has 10 nitrogen and oxygen atoms in total. The molecule has 0 fully saturated rings. The van der Waals surface area contributed by atoms with E-state index in [1.54, 1.807) is 18.2 Å². The quantitative estimate of drug-likeness (QED) is 0.177. The van der Waals surface area contributed by atoms with E-state index in [2.05, 4.69) is 0 Å². The molecule has 10 heteroatoms. The first-order valence-electron chi connectivity index (χ1n) is 12.5. The van der Waals surface area contributed by atoms with Gasteiger partial charge in [0.25, 0.3) is 0 Å². The van der Waals surface area contributed by atoms with Crippen LogP contribution in [0.5, 0.6) is 46.0 Å². The van der Waals surface area contributed by atoms with Crippen LogP contribution in [-0.2, 0) is 6.42 Å². The fourth-order valence-electron chi connectivity index (χ4n) is 5.55. The topological polar surface area (TPSA) is 180 Å². The Kier molecular flexibility index (Phi) is 6.01. The smallest absolute Gasteiger partial charge is 0.157 e. The van der Waals surface area contributed by atoms with E-state index in [9.17, 15) is 40.9 Å². The number of rotatable bonds is 3. The molecule has 40 heavy (non-hydrogen) atoms. The fourth-order valence-corrected chi connectivity index (χ4v) is 5.55. The molecule has 0 unspecified atom stereocenters. The van der Waals surface area contributed by atoms with Crippen LogP contribution < -0.4 is 9.47 Å². The van der Waals surface area contributed by atoms with Gasteiger partial charge in [-0.2, -0.15) is 0 Å². The van der Waals surface area contributed by atoms with Crippen LogP contribution >= 0.6 is 0 Å². The minimum absolute atomic E-state index is 0.0205. The predicted octanol–water partition coefficient (Wildman–Crippen LogP) is 3.58. The third-order valence-corrected chi connectivity index (χ3v) is 7.48. The molecule has 0 saturated heterocycles. The summed E-state index contributed by atoms with van der Waals surface area (Å²) < 4.78 is 12.3. The molecule has 4 aromatic carbocycles. The van der Waals surface area contributed by atoms with Crippen molar-refractivity contribution in [3.63, 3.8) is 0 Å². The zero-order valence-electron chi connectivity index (χ0n) is 20.8. The maximum Gasteiger partial charge on any atom is 0.157 e.